The number of aromatic nitrogens is 2. The van der Waals surface area contributed by atoms with Crippen molar-refractivity contribution in [3.63, 3.8) is 0 Å². The van der Waals surface area contributed by atoms with Crippen LogP contribution >= 0.6 is 0 Å². The summed E-state index contributed by atoms with van der Waals surface area (Å²) in [6.45, 7) is 3.81. The Balaban J connectivity index is 1.65. The van der Waals surface area contributed by atoms with E-state index in [9.17, 15) is 13.2 Å². The molecule has 9 heteroatoms. The molecule has 0 atom stereocenters. The third kappa shape index (κ3) is 5.82. The first-order valence-electron chi connectivity index (χ1n) is 8.97. The number of para-hydroxylation sites is 2. The van der Waals surface area contributed by atoms with E-state index in [4.69, 9.17) is 4.74 Å². The average molecular weight is 414 g/mol. The molecule has 1 aromatic heterocycles. The largest absolute Gasteiger partial charge is 0.491 e. The smallest absolute Gasteiger partial charge is 0.241 e. The summed E-state index contributed by atoms with van der Waals surface area (Å²) in [7, 11) is -3.88. The summed E-state index contributed by atoms with van der Waals surface area (Å²) >= 11 is 0. The molecule has 2 aromatic carbocycles. The number of ether oxygens (including phenoxy) is 1. The summed E-state index contributed by atoms with van der Waals surface area (Å²) in [5, 5.41) is 2.64. The number of benzene rings is 2. The van der Waals surface area contributed by atoms with E-state index in [1.54, 1.807) is 65.8 Å². The Bertz CT molecular complexity index is 1060. The van der Waals surface area contributed by atoms with Crippen molar-refractivity contribution >= 4 is 27.3 Å². The average Bonchev–Trinajstić information content (AvgIpc) is 3.17. The summed E-state index contributed by atoms with van der Waals surface area (Å²) in [5.74, 6) is -0.725. The molecule has 1 amide bonds. The van der Waals surface area contributed by atoms with Gasteiger partial charge in [-0.1, -0.05) is 12.1 Å². The molecule has 0 saturated carbocycles. The lowest BCUT2D eigenvalue weighted by atomic mass is 10.2. The van der Waals surface area contributed by atoms with E-state index in [1.165, 1.54) is 0 Å². The molecule has 3 rings (SSSR count). The minimum atomic E-state index is -3.88. The van der Waals surface area contributed by atoms with Crippen molar-refractivity contribution < 1.29 is 17.9 Å². The Kier molecular flexibility index (Phi) is 6.18. The van der Waals surface area contributed by atoms with Gasteiger partial charge in [0.2, 0.25) is 15.9 Å². The Morgan fingerprint density at radius 2 is 1.86 bits per heavy atom. The van der Waals surface area contributed by atoms with Crippen molar-refractivity contribution in [1.82, 2.24) is 9.55 Å². The molecule has 0 radical (unpaired) electrons. The number of nitrogens with zero attached hydrogens (tertiary/aromatic N) is 2. The molecule has 2 N–H and O–H groups in total. The summed E-state index contributed by atoms with van der Waals surface area (Å²) in [6.07, 6.45) is 4.96. The first-order valence-corrected chi connectivity index (χ1v) is 10.6. The fourth-order valence-corrected chi connectivity index (χ4v) is 3.64. The molecule has 0 aliphatic rings. The van der Waals surface area contributed by atoms with Gasteiger partial charge in [0, 0.05) is 18.1 Å². The number of sulfonamides is 1. The van der Waals surface area contributed by atoms with Crippen LogP contribution in [0.5, 0.6) is 5.75 Å². The van der Waals surface area contributed by atoms with Crippen LogP contribution in [-0.2, 0) is 14.8 Å². The number of hydrogen-bond acceptors (Lipinski definition) is 5. The molecule has 8 nitrogen and oxygen atoms in total. The van der Waals surface area contributed by atoms with Gasteiger partial charge in [-0.2, -0.15) is 0 Å². The monoisotopic (exact) mass is 414 g/mol. The Labute approximate surface area is 169 Å². The van der Waals surface area contributed by atoms with E-state index in [1.807, 2.05) is 19.9 Å². The van der Waals surface area contributed by atoms with Gasteiger partial charge >= 0.3 is 0 Å². The fourth-order valence-electron chi connectivity index (χ4n) is 2.65. The second-order valence-corrected chi connectivity index (χ2v) is 8.31. The molecule has 0 bridgehead atoms. The number of amides is 1. The second kappa shape index (κ2) is 8.78. The highest BCUT2D eigenvalue weighted by molar-refractivity contribution is 7.93. The van der Waals surface area contributed by atoms with Crippen LogP contribution in [0.2, 0.25) is 0 Å². The van der Waals surface area contributed by atoms with E-state index in [2.05, 4.69) is 15.0 Å². The summed E-state index contributed by atoms with van der Waals surface area (Å²) < 4.78 is 34.4. The van der Waals surface area contributed by atoms with E-state index in [0.29, 0.717) is 22.8 Å². The zero-order chi connectivity index (χ0) is 20.9. The maximum Gasteiger partial charge on any atom is 0.241 e. The van der Waals surface area contributed by atoms with Gasteiger partial charge < -0.3 is 14.6 Å². The molecule has 1 heterocycles. The molecule has 3 aromatic rings. The summed E-state index contributed by atoms with van der Waals surface area (Å²) in [4.78, 5) is 16.3. The summed E-state index contributed by atoms with van der Waals surface area (Å²) in [5.41, 5.74) is 1.53. The van der Waals surface area contributed by atoms with Gasteiger partial charge in [0.05, 0.1) is 23.8 Å². The molecule has 152 valence electrons. The number of nitrogens with one attached hydrogen (secondary N) is 2. The summed E-state index contributed by atoms with van der Waals surface area (Å²) in [6, 6.07) is 13.6. The van der Waals surface area contributed by atoms with Crippen molar-refractivity contribution in [2.75, 3.05) is 15.8 Å². The van der Waals surface area contributed by atoms with Crippen LogP contribution in [0.15, 0.2) is 67.3 Å². The van der Waals surface area contributed by atoms with Crippen LogP contribution in [0.25, 0.3) is 5.69 Å². The zero-order valence-corrected chi connectivity index (χ0v) is 16.9. The van der Waals surface area contributed by atoms with Gasteiger partial charge in [-0.25, -0.2) is 13.4 Å². The van der Waals surface area contributed by atoms with E-state index in [0.717, 1.165) is 0 Å². The lowest BCUT2D eigenvalue weighted by Crippen LogP contribution is -2.27. The number of imidazole rings is 1. The SMILES string of the molecule is CC(C)Oc1ccc(NS(=O)(=O)CC(=O)Nc2ccccc2-n2ccnc2)cc1. The van der Waals surface area contributed by atoms with Crippen LogP contribution in [0, 0.1) is 0 Å². The van der Waals surface area contributed by atoms with Crippen molar-refractivity contribution in [3.8, 4) is 11.4 Å². The van der Waals surface area contributed by atoms with Crippen LogP contribution in [-0.4, -0.2) is 35.7 Å². The highest BCUT2D eigenvalue weighted by Crippen LogP contribution is 2.20. The van der Waals surface area contributed by atoms with Gasteiger partial charge in [0.1, 0.15) is 11.5 Å². The van der Waals surface area contributed by atoms with Crippen LogP contribution in [0.4, 0.5) is 11.4 Å². The Hall–Kier alpha value is -3.33. The fraction of sp³-hybridized carbons (Fsp3) is 0.200. The number of carbonyl (C=O) groups excluding carboxylic acids is 1. The standard InChI is InChI=1S/C20H22N4O4S/c1-15(2)28-17-9-7-16(8-10-17)23-29(26,27)13-20(25)22-18-5-3-4-6-19(18)24-12-11-21-14-24/h3-12,14-15,23H,13H2,1-2H3,(H,22,25). The van der Waals surface area contributed by atoms with Crippen molar-refractivity contribution in [2.24, 2.45) is 0 Å². The number of hydrogen-bond donors (Lipinski definition) is 2. The van der Waals surface area contributed by atoms with Gasteiger partial charge in [0.25, 0.3) is 0 Å². The van der Waals surface area contributed by atoms with E-state index < -0.39 is 21.7 Å². The van der Waals surface area contributed by atoms with Gasteiger partial charge in [-0.3, -0.25) is 9.52 Å². The maximum absolute atomic E-state index is 12.4. The second-order valence-electron chi connectivity index (χ2n) is 6.59. The molecule has 0 unspecified atom stereocenters. The maximum atomic E-state index is 12.4. The number of carbonyl (C=O) groups is 1. The topological polar surface area (TPSA) is 102 Å². The number of rotatable bonds is 8. The van der Waals surface area contributed by atoms with Crippen molar-refractivity contribution in [1.29, 1.82) is 0 Å². The molecule has 0 aliphatic heterocycles. The molecular formula is C20H22N4O4S. The lowest BCUT2D eigenvalue weighted by molar-refractivity contribution is -0.113. The van der Waals surface area contributed by atoms with Crippen LogP contribution in [0.3, 0.4) is 0 Å². The predicted octanol–water partition coefficient (Wildman–Crippen LogP) is 3.04. The molecule has 0 fully saturated rings. The Morgan fingerprint density at radius 3 is 2.52 bits per heavy atom. The molecule has 29 heavy (non-hydrogen) atoms. The molecular weight excluding hydrogens is 392 g/mol. The van der Waals surface area contributed by atoms with Crippen LogP contribution < -0.4 is 14.8 Å². The third-order valence-corrected chi connectivity index (χ3v) is 4.97. The van der Waals surface area contributed by atoms with E-state index in [-0.39, 0.29) is 6.10 Å². The molecule has 0 spiro atoms. The van der Waals surface area contributed by atoms with Crippen molar-refractivity contribution in [2.45, 2.75) is 20.0 Å². The minimum Gasteiger partial charge on any atom is -0.491 e. The van der Waals surface area contributed by atoms with E-state index >= 15 is 0 Å². The van der Waals surface area contributed by atoms with Gasteiger partial charge in [0.15, 0.2) is 0 Å². The first kappa shape index (κ1) is 20.4. The third-order valence-electron chi connectivity index (χ3n) is 3.78. The molecule has 0 aliphatic carbocycles. The van der Waals surface area contributed by atoms with Crippen LogP contribution in [0.1, 0.15) is 13.8 Å². The van der Waals surface area contributed by atoms with Gasteiger partial charge in [-0.15, -0.1) is 0 Å². The number of anilines is 2. The highest BCUT2D eigenvalue weighted by atomic mass is 32.2. The van der Waals surface area contributed by atoms with Crippen molar-refractivity contribution in [3.05, 3.63) is 67.3 Å². The zero-order valence-electron chi connectivity index (χ0n) is 16.1. The lowest BCUT2D eigenvalue weighted by Gasteiger charge is -2.13. The predicted molar refractivity (Wildman–Crippen MR) is 112 cm³/mol. The molecule has 0 saturated heterocycles. The normalized spacial score (nSPS) is 11.3. The first-order chi connectivity index (χ1) is 13.8. The Morgan fingerprint density at radius 1 is 1.14 bits per heavy atom. The van der Waals surface area contributed by atoms with Gasteiger partial charge in [-0.05, 0) is 50.2 Å². The minimum absolute atomic E-state index is 0.0198. The highest BCUT2D eigenvalue weighted by Gasteiger charge is 2.18. The quantitative estimate of drug-likeness (QED) is 0.590.